The van der Waals surface area contributed by atoms with Crippen molar-refractivity contribution in [3.8, 4) is 0 Å². The van der Waals surface area contributed by atoms with Crippen molar-refractivity contribution in [3.05, 3.63) is 35.4 Å². The fourth-order valence-electron chi connectivity index (χ4n) is 2.30. The number of amides is 1. The van der Waals surface area contributed by atoms with E-state index in [4.69, 9.17) is 4.74 Å². The Kier molecular flexibility index (Phi) is 6.02. The van der Waals surface area contributed by atoms with Crippen molar-refractivity contribution in [3.63, 3.8) is 0 Å². The molecule has 4 nitrogen and oxygen atoms in total. The van der Waals surface area contributed by atoms with E-state index in [1.165, 1.54) is 12.8 Å². The van der Waals surface area contributed by atoms with Gasteiger partial charge >= 0.3 is 0 Å². The van der Waals surface area contributed by atoms with Gasteiger partial charge in [0.1, 0.15) is 0 Å². The summed E-state index contributed by atoms with van der Waals surface area (Å²) in [4.78, 5) is 11.9. The number of carbonyl (C=O) groups is 1. The normalized spacial score (nSPS) is 18.8. The van der Waals surface area contributed by atoms with Gasteiger partial charge in [-0.15, -0.1) is 0 Å². The molecule has 0 spiro atoms. The third kappa shape index (κ3) is 4.94. The molecule has 1 atom stereocenters. The van der Waals surface area contributed by atoms with Gasteiger partial charge in [0.2, 0.25) is 0 Å². The molecule has 110 valence electrons. The smallest absolute Gasteiger partial charge is 0.251 e. The first-order valence-electron chi connectivity index (χ1n) is 7.43. The molecule has 1 aliphatic heterocycles. The molecule has 20 heavy (non-hydrogen) atoms. The Labute approximate surface area is 120 Å². The highest BCUT2D eigenvalue weighted by atomic mass is 16.5. The molecule has 1 aromatic carbocycles. The van der Waals surface area contributed by atoms with E-state index in [0.717, 1.165) is 31.7 Å². The Bertz CT molecular complexity index is 411. The second-order valence-corrected chi connectivity index (χ2v) is 5.31. The molecule has 1 unspecified atom stereocenters. The van der Waals surface area contributed by atoms with Gasteiger partial charge in [0.05, 0.1) is 6.10 Å². The summed E-state index contributed by atoms with van der Waals surface area (Å²) in [6.07, 6.45) is 3.93. The van der Waals surface area contributed by atoms with Crippen molar-refractivity contribution in [2.24, 2.45) is 0 Å². The van der Waals surface area contributed by atoms with Crippen LogP contribution in [0.5, 0.6) is 0 Å². The lowest BCUT2D eigenvalue weighted by molar-refractivity contribution is 0.0171. The van der Waals surface area contributed by atoms with Gasteiger partial charge in [-0.25, -0.2) is 0 Å². The summed E-state index contributed by atoms with van der Waals surface area (Å²) < 4.78 is 5.64. The van der Waals surface area contributed by atoms with Crippen molar-refractivity contribution in [1.82, 2.24) is 10.6 Å². The number of rotatable bonds is 6. The number of benzene rings is 1. The third-order valence-electron chi connectivity index (χ3n) is 3.55. The van der Waals surface area contributed by atoms with Gasteiger partial charge in [0, 0.05) is 31.8 Å². The van der Waals surface area contributed by atoms with Crippen LogP contribution < -0.4 is 10.6 Å². The maximum absolute atomic E-state index is 11.9. The molecule has 1 heterocycles. The van der Waals surface area contributed by atoms with Crippen LogP contribution in [0.1, 0.15) is 35.2 Å². The number of hydrogen-bond donors (Lipinski definition) is 2. The minimum absolute atomic E-state index is 0.0132. The lowest BCUT2D eigenvalue weighted by Gasteiger charge is -2.22. The Balaban J connectivity index is 1.58. The number of aryl methyl sites for hydroxylation is 1. The van der Waals surface area contributed by atoms with E-state index in [1.54, 1.807) is 0 Å². The molecule has 0 aromatic heterocycles. The summed E-state index contributed by atoms with van der Waals surface area (Å²) in [6, 6.07) is 7.61. The zero-order valence-corrected chi connectivity index (χ0v) is 12.2. The van der Waals surface area contributed by atoms with Crippen molar-refractivity contribution in [2.45, 2.75) is 32.3 Å². The number of hydrogen-bond acceptors (Lipinski definition) is 3. The van der Waals surface area contributed by atoms with Crippen LogP contribution in [0, 0.1) is 6.92 Å². The minimum Gasteiger partial charge on any atom is -0.377 e. The van der Waals surface area contributed by atoms with E-state index < -0.39 is 0 Å². The molecule has 0 saturated carbocycles. The van der Waals surface area contributed by atoms with E-state index in [1.807, 2.05) is 31.2 Å². The van der Waals surface area contributed by atoms with Crippen LogP contribution in [-0.4, -0.2) is 38.3 Å². The SMILES string of the molecule is Cc1ccc(C(=O)NCCNCC2CCCCO2)cc1. The summed E-state index contributed by atoms with van der Waals surface area (Å²) in [7, 11) is 0. The zero-order chi connectivity index (χ0) is 14.2. The minimum atomic E-state index is -0.0132. The fourth-order valence-corrected chi connectivity index (χ4v) is 2.30. The standard InChI is InChI=1S/C16H24N2O2/c1-13-5-7-14(8-6-13)16(19)18-10-9-17-12-15-4-2-3-11-20-15/h5-8,15,17H,2-4,9-12H2,1H3,(H,18,19). The second-order valence-electron chi connectivity index (χ2n) is 5.31. The first-order valence-corrected chi connectivity index (χ1v) is 7.43. The quantitative estimate of drug-likeness (QED) is 0.780. The average Bonchev–Trinajstić information content (AvgIpc) is 2.48. The number of carbonyl (C=O) groups excluding carboxylic acids is 1. The molecule has 2 rings (SSSR count). The van der Waals surface area contributed by atoms with Crippen molar-refractivity contribution < 1.29 is 9.53 Å². The Morgan fingerprint density at radius 2 is 2.05 bits per heavy atom. The first-order chi connectivity index (χ1) is 9.75. The molecule has 0 aliphatic carbocycles. The molecule has 4 heteroatoms. The molecular weight excluding hydrogens is 252 g/mol. The lowest BCUT2D eigenvalue weighted by Crippen LogP contribution is -2.37. The average molecular weight is 276 g/mol. The van der Waals surface area contributed by atoms with Crippen LogP contribution in [0.15, 0.2) is 24.3 Å². The summed E-state index contributed by atoms with van der Waals surface area (Å²) in [5, 5.41) is 6.25. The maximum Gasteiger partial charge on any atom is 0.251 e. The third-order valence-corrected chi connectivity index (χ3v) is 3.55. The predicted octanol–water partition coefficient (Wildman–Crippen LogP) is 1.88. The van der Waals surface area contributed by atoms with Gasteiger partial charge in [-0.2, -0.15) is 0 Å². The Hall–Kier alpha value is -1.39. The molecule has 1 aromatic rings. The van der Waals surface area contributed by atoms with Crippen LogP contribution >= 0.6 is 0 Å². The van der Waals surface area contributed by atoms with Gasteiger partial charge in [-0.3, -0.25) is 4.79 Å². The highest BCUT2D eigenvalue weighted by Crippen LogP contribution is 2.11. The zero-order valence-electron chi connectivity index (χ0n) is 12.2. The largest absolute Gasteiger partial charge is 0.377 e. The molecule has 0 radical (unpaired) electrons. The van der Waals surface area contributed by atoms with E-state index >= 15 is 0 Å². The number of nitrogens with one attached hydrogen (secondary N) is 2. The second kappa shape index (κ2) is 8.02. The van der Waals surface area contributed by atoms with E-state index in [9.17, 15) is 4.79 Å². The Morgan fingerprint density at radius 3 is 2.75 bits per heavy atom. The Morgan fingerprint density at radius 1 is 1.25 bits per heavy atom. The van der Waals surface area contributed by atoms with Crippen molar-refractivity contribution in [2.75, 3.05) is 26.2 Å². The molecule has 2 N–H and O–H groups in total. The van der Waals surface area contributed by atoms with Gasteiger partial charge in [-0.1, -0.05) is 17.7 Å². The van der Waals surface area contributed by atoms with Crippen LogP contribution in [0.2, 0.25) is 0 Å². The van der Waals surface area contributed by atoms with E-state index in [2.05, 4.69) is 10.6 Å². The molecular formula is C16H24N2O2. The molecule has 1 amide bonds. The topological polar surface area (TPSA) is 50.4 Å². The number of ether oxygens (including phenoxy) is 1. The van der Waals surface area contributed by atoms with E-state index in [0.29, 0.717) is 18.2 Å². The fraction of sp³-hybridized carbons (Fsp3) is 0.562. The lowest BCUT2D eigenvalue weighted by atomic mass is 10.1. The predicted molar refractivity (Wildman–Crippen MR) is 80.0 cm³/mol. The van der Waals surface area contributed by atoms with Crippen LogP contribution in [0.4, 0.5) is 0 Å². The van der Waals surface area contributed by atoms with Gasteiger partial charge in [0.15, 0.2) is 0 Å². The summed E-state index contributed by atoms with van der Waals surface area (Å²) in [6.45, 7) is 5.19. The van der Waals surface area contributed by atoms with Crippen molar-refractivity contribution >= 4 is 5.91 Å². The monoisotopic (exact) mass is 276 g/mol. The summed E-state index contributed by atoms with van der Waals surface area (Å²) in [5.74, 6) is -0.0132. The first kappa shape index (κ1) is 15.0. The van der Waals surface area contributed by atoms with Gasteiger partial charge < -0.3 is 15.4 Å². The summed E-state index contributed by atoms with van der Waals surface area (Å²) >= 11 is 0. The van der Waals surface area contributed by atoms with Crippen LogP contribution in [-0.2, 0) is 4.74 Å². The summed E-state index contributed by atoms with van der Waals surface area (Å²) in [5.41, 5.74) is 1.88. The maximum atomic E-state index is 11.9. The van der Waals surface area contributed by atoms with Gasteiger partial charge in [-0.05, 0) is 38.3 Å². The highest BCUT2D eigenvalue weighted by Gasteiger charge is 2.12. The molecule has 0 bridgehead atoms. The molecule has 1 saturated heterocycles. The molecule has 1 aliphatic rings. The van der Waals surface area contributed by atoms with Crippen molar-refractivity contribution in [1.29, 1.82) is 0 Å². The van der Waals surface area contributed by atoms with E-state index in [-0.39, 0.29) is 5.91 Å². The van der Waals surface area contributed by atoms with Gasteiger partial charge in [0.25, 0.3) is 5.91 Å². The highest BCUT2D eigenvalue weighted by molar-refractivity contribution is 5.94. The van der Waals surface area contributed by atoms with Crippen LogP contribution in [0.25, 0.3) is 0 Å². The van der Waals surface area contributed by atoms with Crippen LogP contribution in [0.3, 0.4) is 0 Å². The molecule has 1 fully saturated rings.